The Bertz CT molecular complexity index is 1460. The Morgan fingerprint density at radius 2 is 1.98 bits per heavy atom. The Balaban J connectivity index is 1.57. The van der Waals surface area contributed by atoms with Crippen LogP contribution in [-0.2, 0) is 11.2 Å². The van der Waals surface area contributed by atoms with Crippen LogP contribution in [0.5, 0.6) is 17.4 Å². The summed E-state index contributed by atoms with van der Waals surface area (Å²) in [5, 5.41) is 8.50. The molecule has 2 amide bonds. The van der Waals surface area contributed by atoms with Gasteiger partial charge in [-0.2, -0.15) is 4.98 Å². The highest BCUT2D eigenvalue weighted by atomic mass is 35.5. The molecule has 11 nitrogen and oxygen atoms in total. The third-order valence-electron chi connectivity index (χ3n) is 7.03. The Hall–Kier alpha value is -4.00. The smallest absolute Gasteiger partial charge is 0.255 e. The number of amides is 2. The number of hydrogen-bond donors (Lipinski definition) is 3. The molecule has 1 aliphatic rings. The molecule has 1 unspecified atom stereocenters. The van der Waals surface area contributed by atoms with Crippen molar-refractivity contribution in [1.82, 2.24) is 25.5 Å². The van der Waals surface area contributed by atoms with E-state index in [0.717, 1.165) is 18.2 Å². The topological polar surface area (TPSA) is 127 Å². The molecule has 1 aliphatic heterocycles. The SMILES string of the molecule is CCc1cccc(Oc2nc(Nc3cc(F)c(C(=O)NC4CCN(C)C[C@@H]4OC)cc3OC)ncc2Cl)c1C(=O)NC. The maximum atomic E-state index is 15.3. The second-order valence-corrected chi connectivity index (χ2v) is 10.1. The molecular weight excluding hydrogens is 567 g/mol. The molecule has 0 bridgehead atoms. The van der Waals surface area contributed by atoms with Crippen molar-refractivity contribution in [2.45, 2.75) is 31.9 Å². The molecule has 1 saturated heterocycles. The van der Waals surface area contributed by atoms with Crippen LogP contribution < -0.4 is 25.4 Å². The van der Waals surface area contributed by atoms with Gasteiger partial charge in [0.25, 0.3) is 11.8 Å². The number of carbonyl (C=O) groups excluding carboxylic acids is 2. The summed E-state index contributed by atoms with van der Waals surface area (Å²) in [6.07, 6.45) is 2.38. The monoisotopic (exact) mass is 600 g/mol. The summed E-state index contributed by atoms with van der Waals surface area (Å²) in [5.41, 5.74) is 1.15. The summed E-state index contributed by atoms with van der Waals surface area (Å²) in [6, 6.07) is 7.41. The summed E-state index contributed by atoms with van der Waals surface area (Å²) >= 11 is 6.32. The Morgan fingerprint density at radius 1 is 1.19 bits per heavy atom. The van der Waals surface area contributed by atoms with Gasteiger partial charge in [-0.25, -0.2) is 9.37 Å². The zero-order valence-electron chi connectivity index (χ0n) is 24.1. The molecule has 224 valence electrons. The molecule has 0 saturated carbocycles. The van der Waals surface area contributed by atoms with E-state index in [1.807, 2.05) is 20.0 Å². The maximum absolute atomic E-state index is 15.3. The lowest BCUT2D eigenvalue weighted by Gasteiger charge is -2.36. The van der Waals surface area contributed by atoms with E-state index in [4.69, 9.17) is 25.8 Å². The van der Waals surface area contributed by atoms with Crippen LogP contribution in [0.4, 0.5) is 16.0 Å². The number of carbonyl (C=O) groups is 2. The minimum absolute atomic E-state index is 0.0196. The number of ether oxygens (including phenoxy) is 3. The highest BCUT2D eigenvalue weighted by Gasteiger charge is 2.30. The second-order valence-electron chi connectivity index (χ2n) is 9.73. The van der Waals surface area contributed by atoms with Crippen LogP contribution in [0, 0.1) is 5.82 Å². The molecule has 0 spiro atoms. The lowest BCUT2D eigenvalue weighted by atomic mass is 10.0. The highest BCUT2D eigenvalue weighted by Crippen LogP contribution is 2.34. The first-order valence-electron chi connectivity index (χ1n) is 13.4. The number of aryl methyl sites for hydroxylation is 1. The molecule has 4 rings (SSSR count). The summed E-state index contributed by atoms with van der Waals surface area (Å²) in [5.74, 6) is -1.21. The number of benzene rings is 2. The number of methoxy groups -OCH3 is 2. The van der Waals surface area contributed by atoms with Crippen molar-refractivity contribution in [3.8, 4) is 17.4 Å². The number of nitrogens with one attached hydrogen (secondary N) is 3. The predicted molar refractivity (Wildman–Crippen MR) is 157 cm³/mol. The van der Waals surface area contributed by atoms with E-state index >= 15 is 4.39 Å². The molecule has 0 radical (unpaired) electrons. The van der Waals surface area contributed by atoms with Crippen molar-refractivity contribution in [1.29, 1.82) is 0 Å². The third-order valence-corrected chi connectivity index (χ3v) is 7.29. The Morgan fingerprint density at radius 3 is 2.67 bits per heavy atom. The molecular formula is C29H34ClFN6O5. The molecule has 42 heavy (non-hydrogen) atoms. The first-order valence-corrected chi connectivity index (χ1v) is 13.8. The number of rotatable bonds is 10. The molecule has 13 heteroatoms. The van der Waals surface area contributed by atoms with Crippen molar-refractivity contribution in [3.05, 3.63) is 64.1 Å². The quantitative estimate of drug-likeness (QED) is 0.314. The number of hydrogen-bond acceptors (Lipinski definition) is 9. The number of aromatic nitrogens is 2. The van der Waals surface area contributed by atoms with Gasteiger partial charge in [0.05, 0.1) is 42.3 Å². The van der Waals surface area contributed by atoms with Crippen LogP contribution >= 0.6 is 11.6 Å². The zero-order valence-corrected chi connectivity index (χ0v) is 24.8. The van der Waals surface area contributed by atoms with Crippen LogP contribution in [0.1, 0.15) is 39.6 Å². The van der Waals surface area contributed by atoms with Gasteiger partial charge in [0.15, 0.2) is 0 Å². The summed E-state index contributed by atoms with van der Waals surface area (Å²) in [6.45, 7) is 3.36. The van der Waals surface area contributed by atoms with Crippen molar-refractivity contribution < 1.29 is 28.2 Å². The fourth-order valence-electron chi connectivity index (χ4n) is 4.76. The van der Waals surface area contributed by atoms with Crippen molar-refractivity contribution >= 4 is 35.1 Å². The fraction of sp³-hybridized carbons (Fsp3) is 0.379. The number of anilines is 2. The number of halogens is 2. The van der Waals surface area contributed by atoms with Crippen molar-refractivity contribution in [3.63, 3.8) is 0 Å². The zero-order chi connectivity index (χ0) is 30.4. The van der Waals surface area contributed by atoms with Crippen LogP contribution in [0.25, 0.3) is 0 Å². The van der Waals surface area contributed by atoms with Gasteiger partial charge in [-0.05, 0) is 44.1 Å². The molecule has 3 aromatic rings. The highest BCUT2D eigenvalue weighted by molar-refractivity contribution is 6.31. The van der Waals surface area contributed by atoms with Gasteiger partial charge in [-0.15, -0.1) is 0 Å². The largest absolute Gasteiger partial charge is 0.495 e. The van der Waals surface area contributed by atoms with Crippen LogP contribution in [0.2, 0.25) is 5.02 Å². The Labute approximate surface area is 248 Å². The maximum Gasteiger partial charge on any atom is 0.255 e. The van der Waals surface area contributed by atoms with Gasteiger partial charge < -0.3 is 35.1 Å². The molecule has 3 N–H and O–H groups in total. The van der Waals surface area contributed by atoms with E-state index in [1.165, 1.54) is 26.4 Å². The van der Waals surface area contributed by atoms with Crippen LogP contribution in [0.15, 0.2) is 36.5 Å². The van der Waals surface area contributed by atoms with Gasteiger partial charge in [0.1, 0.15) is 22.3 Å². The minimum Gasteiger partial charge on any atom is -0.495 e. The second kappa shape index (κ2) is 13.8. The number of likely N-dealkylation sites (N-methyl/N-ethyl adjacent to an activating group) is 1. The third kappa shape index (κ3) is 6.89. The summed E-state index contributed by atoms with van der Waals surface area (Å²) in [7, 11) is 6.50. The van der Waals surface area contributed by atoms with Gasteiger partial charge in [-0.3, -0.25) is 9.59 Å². The average Bonchev–Trinajstić information content (AvgIpc) is 2.99. The first kappa shape index (κ1) is 30.9. The van der Waals surface area contributed by atoms with Gasteiger partial charge in [0.2, 0.25) is 11.8 Å². The van der Waals surface area contributed by atoms with Crippen molar-refractivity contribution in [2.75, 3.05) is 46.7 Å². The standard InChI is InChI=1S/C29H34ClFN6O5/c1-6-16-8-7-9-22(25(16)27(39)32-2)42-28-18(30)14-33-29(36-28)35-21-13-19(31)17(12-23(21)40-4)26(38)34-20-10-11-37(3)15-24(20)41-5/h7-9,12-14,20,24H,6,10-11,15H2,1-5H3,(H,32,39)(H,34,38)(H,33,35,36)/t20?,24-/m0/s1. The summed E-state index contributed by atoms with van der Waals surface area (Å²) in [4.78, 5) is 36.2. The van der Waals surface area contributed by atoms with Gasteiger partial charge in [0, 0.05) is 26.8 Å². The first-order chi connectivity index (χ1) is 20.2. The van der Waals surface area contributed by atoms with E-state index < -0.39 is 11.7 Å². The predicted octanol–water partition coefficient (Wildman–Crippen LogP) is 4.18. The minimum atomic E-state index is -0.769. The van der Waals surface area contributed by atoms with E-state index in [0.29, 0.717) is 24.9 Å². The lowest BCUT2D eigenvalue weighted by Crippen LogP contribution is -2.53. The summed E-state index contributed by atoms with van der Waals surface area (Å²) < 4.78 is 32.2. The molecule has 2 heterocycles. The number of nitrogens with zero attached hydrogens (tertiary/aromatic N) is 3. The van der Waals surface area contributed by atoms with Gasteiger partial charge >= 0.3 is 0 Å². The molecule has 2 aromatic carbocycles. The van der Waals surface area contributed by atoms with Crippen LogP contribution in [-0.4, -0.2) is 80.2 Å². The van der Waals surface area contributed by atoms with E-state index in [2.05, 4.69) is 30.8 Å². The van der Waals surface area contributed by atoms with Crippen LogP contribution in [0.3, 0.4) is 0 Å². The molecule has 1 aromatic heterocycles. The van der Waals surface area contributed by atoms with E-state index in [-0.39, 0.29) is 57.7 Å². The van der Waals surface area contributed by atoms with Gasteiger partial charge in [-0.1, -0.05) is 30.7 Å². The lowest BCUT2D eigenvalue weighted by molar-refractivity contribution is 0.0141. The molecule has 1 fully saturated rings. The molecule has 0 aliphatic carbocycles. The number of piperidine rings is 1. The van der Waals surface area contributed by atoms with E-state index in [9.17, 15) is 9.59 Å². The number of likely N-dealkylation sites (tertiary alicyclic amines) is 1. The average molecular weight is 601 g/mol. The Kier molecular flexibility index (Phi) is 10.2. The van der Waals surface area contributed by atoms with E-state index in [1.54, 1.807) is 19.2 Å². The van der Waals surface area contributed by atoms with Crippen molar-refractivity contribution in [2.24, 2.45) is 0 Å². The molecule has 2 atom stereocenters. The fourth-order valence-corrected chi connectivity index (χ4v) is 4.89. The normalized spacial score (nSPS) is 16.9.